The molecular formula is C17H13FN2O4. The summed E-state index contributed by atoms with van der Waals surface area (Å²) in [5.41, 5.74) is 0.641. The second-order valence-corrected chi connectivity index (χ2v) is 4.76. The van der Waals surface area contributed by atoms with Crippen LogP contribution in [-0.4, -0.2) is 23.0 Å². The second-order valence-electron chi connectivity index (χ2n) is 4.76. The molecule has 0 radical (unpaired) electrons. The summed E-state index contributed by atoms with van der Waals surface area (Å²) >= 11 is 0. The Labute approximate surface area is 136 Å². The number of oxazole rings is 1. The molecule has 122 valence electrons. The van der Waals surface area contributed by atoms with Crippen LogP contribution in [-0.2, 0) is 11.3 Å². The molecule has 7 heteroatoms. The van der Waals surface area contributed by atoms with Crippen molar-refractivity contribution in [3.8, 4) is 17.1 Å². The highest BCUT2D eigenvalue weighted by Gasteiger charge is 2.15. The molecule has 2 heterocycles. The van der Waals surface area contributed by atoms with Gasteiger partial charge < -0.3 is 13.9 Å². The Morgan fingerprint density at radius 2 is 2.12 bits per heavy atom. The molecule has 0 unspecified atom stereocenters. The molecule has 0 N–H and O–H groups in total. The Morgan fingerprint density at radius 1 is 1.25 bits per heavy atom. The zero-order valence-electron chi connectivity index (χ0n) is 12.7. The molecule has 0 aliphatic rings. The van der Waals surface area contributed by atoms with Crippen LogP contribution < -0.4 is 4.74 Å². The van der Waals surface area contributed by atoms with Gasteiger partial charge in [0.15, 0.2) is 23.8 Å². The Balaban J connectivity index is 1.74. The SMILES string of the molecule is COC(=O)c1ncccc1OCc1ncc(-c2cccc(F)c2)o1. The maximum atomic E-state index is 13.2. The lowest BCUT2D eigenvalue weighted by Gasteiger charge is -2.07. The first kappa shape index (κ1) is 15.7. The first-order chi connectivity index (χ1) is 11.7. The van der Waals surface area contributed by atoms with Gasteiger partial charge in [0, 0.05) is 11.8 Å². The number of hydrogen-bond acceptors (Lipinski definition) is 6. The smallest absolute Gasteiger partial charge is 0.360 e. The maximum Gasteiger partial charge on any atom is 0.360 e. The van der Waals surface area contributed by atoms with E-state index in [4.69, 9.17) is 9.15 Å². The molecule has 0 aliphatic carbocycles. The van der Waals surface area contributed by atoms with Crippen LogP contribution in [0.2, 0.25) is 0 Å². The lowest BCUT2D eigenvalue weighted by atomic mass is 10.2. The molecule has 0 amide bonds. The van der Waals surface area contributed by atoms with Gasteiger partial charge >= 0.3 is 5.97 Å². The van der Waals surface area contributed by atoms with Crippen molar-refractivity contribution in [2.24, 2.45) is 0 Å². The summed E-state index contributed by atoms with van der Waals surface area (Å²) < 4.78 is 29.0. The molecule has 24 heavy (non-hydrogen) atoms. The third-order valence-electron chi connectivity index (χ3n) is 3.16. The average molecular weight is 328 g/mol. The first-order valence-corrected chi connectivity index (χ1v) is 7.04. The average Bonchev–Trinajstić information content (AvgIpc) is 3.08. The fourth-order valence-electron chi connectivity index (χ4n) is 2.05. The van der Waals surface area contributed by atoms with Gasteiger partial charge in [-0.25, -0.2) is 19.2 Å². The van der Waals surface area contributed by atoms with Gasteiger partial charge in [0.1, 0.15) is 5.82 Å². The van der Waals surface area contributed by atoms with Gasteiger partial charge in [-0.15, -0.1) is 0 Å². The normalized spacial score (nSPS) is 10.4. The topological polar surface area (TPSA) is 74.5 Å². The Bertz CT molecular complexity index is 863. The highest BCUT2D eigenvalue weighted by Crippen LogP contribution is 2.22. The van der Waals surface area contributed by atoms with Crippen molar-refractivity contribution in [2.75, 3.05) is 7.11 Å². The Morgan fingerprint density at radius 3 is 2.92 bits per heavy atom. The first-order valence-electron chi connectivity index (χ1n) is 7.04. The summed E-state index contributed by atoms with van der Waals surface area (Å²) in [5, 5.41) is 0. The minimum atomic E-state index is -0.599. The van der Waals surface area contributed by atoms with E-state index in [-0.39, 0.29) is 29.8 Å². The number of aromatic nitrogens is 2. The molecule has 3 aromatic rings. The third-order valence-corrected chi connectivity index (χ3v) is 3.16. The Kier molecular flexibility index (Phi) is 4.51. The molecule has 2 aromatic heterocycles. The summed E-state index contributed by atoms with van der Waals surface area (Å²) in [6.07, 6.45) is 2.95. The van der Waals surface area contributed by atoms with Crippen molar-refractivity contribution in [1.82, 2.24) is 9.97 Å². The molecule has 6 nitrogen and oxygen atoms in total. The number of esters is 1. The molecule has 0 aliphatic heterocycles. The van der Waals surface area contributed by atoms with E-state index in [2.05, 4.69) is 14.7 Å². The van der Waals surface area contributed by atoms with Crippen molar-refractivity contribution in [3.63, 3.8) is 0 Å². The zero-order valence-corrected chi connectivity index (χ0v) is 12.7. The number of pyridine rings is 1. The second kappa shape index (κ2) is 6.91. The molecular weight excluding hydrogens is 315 g/mol. The van der Waals surface area contributed by atoms with Crippen molar-refractivity contribution in [2.45, 2.75) is 6.61 Å². The summed E-state index contributed by atoms with van der Waals surface area (Å²) in [6, 6.07) is 9.22. The minimum Gasteiger partial charge on any atom is -0.481 e. The minimum absolute atomic E-state index is 0.00893. The number of hydrogen-bond donors (Lipinski definition) is 0. The van der Waals surface area contributed by atoms with Crippen LogP contribution in [0.3, 0.4) is 0 Å². The van der Waals surface area contributed by atoms with E-state index in [0.717, 1.165) is 0 Å². The van der Waals surface area contributed by atoms with E-state index in [1.54, 1.807) is 24.3 Å². The summed E-state index contributed by atoms with van der Waals surface area (Å²) in [5.74, 6) is 0.00879. The number of halogens is 1. The van der Waals surface area contributed by atoms with E-state index >= 15 is 0 Å². The van der Waals surface area contributed by atoms with Gasteiger partial charge in [-0.1, -0.05) is 12.1 Å². The summed E-state index contributed by atoms with van der Waals surface area (Å²) in [7, 11) is 1.26. The van der Waals surface area contributed by atoms with E-state index in [9.17, 15) is 9.18 Å². The number of nitrogens with zero attached hydrogens (tertiary/aromatic N) is 2. The number of carbonyl (C=O) groups excluding carboxylic acids is 1. The summed E-state index contributed by atoms with van der Waals surface area (Å²) in [6.45, 7) is -0.00893. The highest BCUT2D eigenvalue weighted by molar-refractivity contribution is 5.90. The van der Waals surface area contributed by atoms with Crippen molar-refractivity contribution < 1.29 is 23.1 Å². The van der Waals surface area contributed by atoms with E-state index < -0.39 is 5.97 Å². The standard InChI is InChI=1S/C17H13FN2O4/c1-22-17(21)16-13(6-3-7-19-16)23-10-15-20-9-14(24-15)11-4-2-5-12(18)8-11/h2-9H,10H2,1H3. The molecule has 0 spiro atoms. The van der Waals surface area contributed by atoms with Crippen molar-refractivity contribution in [3.05, 3.63) is 66.2 Å². The van der Waals surface area contributed by atoms with Gasteiger partial charge in [-0.2, -0.15) is 0 Å². The molecule has 0 bridgehead atoms. The van der Waals surface area contributed by atoms with Crippen LogP contribution in [0.5, 0.6) is 5.75 Å². The van der Waals surface area contributed by atoms with Crippen LogP contribution in [0.25, 0.3) is 11.3 Å². The van der Waals surface area contributed by atoms with Crippen molar-refractivity contribution >= 4 is 5.97 Å². The van der Waals surface area contributed by atoms with E-state index in [1.807, 2.05) is 0 Å². The fraction of sp³-hybridized carbons (Fsp3) is 0.118. The van der Waals surface area contributed by atoms with Gasteiger partial charge in [-0.05, 0) is 24.3 Å². The predicted molar refractivity (Wildman–Crippen MR) is 81.8 cm³/mol. The predicted octanol–water partition coefficient (Wildman–Crippen LogP) is 3.24. The van der Waals surface area contributed by atoms with Crippen LogP contribution >= 0.6 is 0 Å². The highest BCUT2D eigenvalue weighted by atomic mass is 19.1. The molecule has 3 rings (SSSR count). The molecule has 1 aromatic carbocycles. The quantitative estimate of drug-likeness (QED) is 0.669. The van der Waals surface area contributed by atoms with Crippen LogP contribution in [0, 0.1) is 5.82 Å². The van der Waals surface area contributed by atoms with E-state index in [0.29, 0.717) is 11.3 Å². The number of benzene rings is 1. The largest absolute Gasteiger partial charge is 0.481 e. The van der Waals surface area contributed by atoms with Crippen LogP contribution in [0.15, 0.2) is 53.2 Å². The van der Waals surface area contributed by atoms with Gasteiger partial charge in [0.2, 0.25) is 5.89 Å². The maximum absolute atomic E-state index is 13.2. The molecule has 0 saturated carbocycles. The van der Waals surface area contributed by atoms with Crippen molar-refractivity contribution in [1.29, 1.82) is 0 Å². The monoisotopic (exact) mass is 328 g/mol. The van der Waals surface area contributed by atoms with Gasteiger partial charge in [0.25, 0.3) is 0 Å². The van der Waals surface area contributed by atoms with Crippen LogP contribution in [0.4, 0.5) is 4.39 Å². The summed E-state index contributed by atoms with van der Waals surface area (Å²) in [4.78, 5) is 19.6. The Hall–Kier alpha value is -3.22. The van der Waals surface area contributed by atoms with Gasteiger partial charge in [0.05, 0.1) is 13.3 Å². The van der Waals surface area contributed by atoms with Crippen LogP contribution in [0.1, 0.15) is 16.4 Å². The molecule has 0 atom stereocenters. The third kappa shape index (κ3) is 3.40. The fourth-order valence-corrected chi connectivity index (χ4v) is 2.05. The number of ether oxygens (including phenoxy) is 2. The van der Waals surface area contributed by atoms with Gasteiger partial charge in [-0.3, -0.25) is 0 Å². The van der Waals surface area contributed by atoms with E-state index in [1.165, 1.54) is 31.6 Å². The lowest BCUT2D eigenvalue weighted by molar-refractivity contribution is 0.0587. The number of rotatable bonds is 5. The lowest BCUT2D eigenvalue weighted by Crippen LogP contribution is -2.08. The number of carbonyl (C=O) groups is 1. The number of methoxy groups -OCH3 is 1. The molecule has 0 fully saturated rings. The molecule has 0 saturated heterocycles. The zero-order chi connectivity index (χ0) is 16.9.